The highest BCUT2D eigenvalue weighted by atomic mass is 16.5. The third kappa shape index (κ3) is 4.88. The van der Waals surface area contributed by atoms with Crippen molar-refractivity contribution >= 4 is 0 Å². The Morgan fingerprint density at radius 3 is 2.35 bits per heavy atom. The van der Waals surface area contributed by atoms with Crippen LogP contribution in [0.25, 0.3) is 0 Å². The van der Waals surface area contributed by atoms with Crippen LogP contribution < -0.4 is 0 Å². The first kappa shape index (κ1) is 14.2. The molecule has 0 radical (unpaired) electrons. The molecule has 1 N–H and O–H groups in total. The van der Waals surface area contributed by atoms with Crippen LogP contribution in [0.1, 0.15) is 50.8 Å². The first-order chi connectivity index (χ1) is 8.17. The van der Waals surface area contributed by atoms with Crippen molar-refractivity contribution in [2.24, 2.45) is 0 Å². The topological polar surface area (TPSA) is 29.5 Å². The van der Waals surface area contributed by atoms with Crippen LogP contribution >= 0.6 is 0 Å². The van der Waals surface area contributed by atoms with Gasteiger partial charge >= 0.3 is 0 Å². The Morgan fingerprint density at radius 1 is 1.18 bits per heavy atom. The summed E-state index contributed by atoms with van der Waals surface area (Å²) in [7, 11) is 0. The molecule has 0 saturated heterocycles. The second-order valence-electron chi connectivity index (χ2n) is 4.56. The Labute approximate surface area is 105 Å². The van der Waals surface area contributed by atoms with Crippen LogP contribution in [0.3, 0.4) is 0 Å². The minimum absolute atomic E-state index is 0.212. The Morgan fingerprint density at radius 2 is 1.82 bits per heavy atom. The molecule has 0 saturated carbocycles. The minimum atomic E-state index is -0.514. The average Bonchev–Trinajstić information content (AvgIpc) is 2.36. The van der Waals surface area contributed by atoms with E-state index >= 15 is 0 Å². The summed E-state index contributed by atoms with van der Waals surface area (Å²) in [6.45, 7) is 6.65. The molecule has 0 fully saturated rings. The van der Waals surface area contributed by atoms with Crippen molar-refractivity contribution in [3.05, 3.63) is 35.4 Å². The molecule has 0 aromatic heterocycles. The van der Waals surface area contributed by atoms with Gasteiger partial charge in [-0.15, -0.1) is 0 Å². The lowest BCUT2D eigenvalue weighted by Crippen LogP contribution is -2.13. The Bertz CT molecular complexity index is 305. The van der Waals surface area contributed by atoms with E-state index in [9.17, 15) is 5.11 Å². The van der Waals surface area contributed by atoms with E-state index in [2.05, 4.69) is 26.0 Å². The molecule has 1 aromatic carbocycles. The van der Waals surface area contributed by atoms with Crippen molar-refractivity contribution in [2.45, 2.75) is 52.2 Å². The maximum Gasteiger partial charge on any atom is 0.102 e. The number of aryl methyl sites for hydroxylation is 1. The summed E-state index contributed by atoms with van der Waals surface area (Å²) in [6, 6.07) is 8.17. The fourth-order valence-corrected chi connectivity index (χ4v) is 1.66. The predicted octanol–water partition coefficient (Wildman–Crippen LogP) is 3.49. The van der Waals surface area contributed by atoms with Crippen molar-refractivity contribution in [3.8, 4) is 0 Å². The molecular weight excluding hydrogens is 212 g/mol. The third-order valence-electron chi connectivity index (χ3n) is 3.02. The zero-order chi connectivity index (χ0) is 12.7. The molecular formula is C15H24O2. The third-order valence-corrected chi connectivity index (χ3v) is 3.02. The van der Waals surface area contributed by atoms with E-state index in [4.69, 9.17) is 4.74 Å². The molecule has 1 aromatic rings. The van der Waals surface area contributed by atoms with Gasteiger partial charge in [0.25, 0.3) is 0 Å². The van der Waals surface area contributed by atoms with Gasteiger partial charge in [-0.05, 0) is 30.9 Å². The molecule has 0 spiro atoms. The lowest BCUT2D eigenvalue weighted by atomic mass is 10.0. The lowest BCUT2D eigenvalue weighted by molar-refractivity contribution is -0.00375. The largest absolute Gasteiger partial charge is 0.386 e. The van der Waals surface area contributed by atoms with E-state index in [1.165, 1.54) is 5.56 Å². The van der Waals surface area contributed by atoms with Gasteiger partial charge in [-0.1, -0.05) is 44.5 Å². The van der Waals surface area contributed by atoms with Crippen molar-refractivity contribution in [3.63, 3.8) is 0 Å². The second kappa shape index (κ2) is 7.46. The number of benzene rings is 1. The number of rotatable bonds is 7. The summed E-state index contributed by atoms with van der Waals surface area (Å²) in [5, 5.41) is 9.96. The fourth-order valence-electron chi connectivity index (χ4n) is 1.66. The van der Waals surface area contributed by atoms with E-state index in [1.54, 1.807) is 0 Å². The monoisotopic (exact) mass is 236 g/mol. The summed E-state index contributed by atoms with van der Waals surface area (Å²) in [6.07, 6.45) is 2.92. The lowest BCUT2D eigenvalue weighted by Gasteiger charge is -2.15. The zero-order valence-electron chi connectivity index (χ0n) is 11.1. The van der Waals surface area contributed by atoms with Gasteiger partial charge in [0.1, 0.15) is 6.10 Å². The minimum Gasteiger partial charge on any atom is -0.386 e. The van der Waals surface area contributed by atoms with Crippen molar-refractivity contribution < 1.29 is 9.84 Å². The van der Waals surface area contributed by atoms with Gasteiger partial charge in [0.15, 0.2) is 0 Å². The first-order valence-corrected chi connectivity index (χ1v) is 6.55. The standard InChI is InChI=1S/C15H24O2/c1-4-6-13-7-9-14(10-8-13)15(16)11-17-12(3)5-2/h7-10,12,15-16H,4-6,11H2,1-3H3. The number of aliphatic hydroxyl groups is 1. The molecule has 0 aliphatic rings. The molecule has 0 aliphatic carbocycles. The molecule has 0 amide bonds. The number of aliphatic hydroxyl groups excluding tert-OH is 1. The van der Waals surface area contributed by atoms with E-state index < -0.39 is 6.10 Å². The molecule has 17 heavy (non-hydrogen) atoms. The molecule has 2 nitrogen and oxygen atoms in total. The highest BCUT2D eigenvalue weighted by Gasteiger charge is 2.09. The summed E-state index contributed by atoms with van der Waals surface area (Å²) >= 11 is 0. The van der Waals surface area contributed by atoms with Crippen LogP contribution in [-0.4, -0.2) is 17.8 Å². The number of hydrogen-bond donors (Lipinski definition) is 1. The Hall–Kier alpha value is -0.860. The summed E-state index contributed by atoms with van der Waals surface area (Å²) in [5.41, 5.74) is 2.26. The van der Waals surface area contributed by atoms with Crippen molar-refractivity contribution in [1.29, 1.82) is 0 Å². The van der Waals surface area contributed by atoms with Gasteiger partial charge in [0, 0.05) is 0 Å². The molecule has 2 unspecified atom stereocenters. The van der Waals surface area contributed by atoms with Crippen LogP contribution in [0, 0.1) is 0 Å². The van der Waals surface area contributed by atoms with Crippen molar-refractivity contribution in [2.75, 3.05) is 6.61 Å². The number of hydrogen-bond acceptors (Lipinski definition) is 2. The maximum absolute atomic E-state index is 9.96. The fraction of sp³-hybridized carbons (Fsp3) is 0.600. The highest BCUT2D eigenvalue weighted by molar-refractivity contribution is 5.24. The van der Waals surface area contributed by atoms with Crippen LogP contribution in [0.5, 0.6) is 0 Å². The van der Waals surface area contributed by atoms with Crippen molar-refractivity contribution in [1.82, 2.24) is 0 Å². The summed E-state index contributed by atoms with van der Waals surface area (Å²) in [4.78, 5) is 0. The smallest absolute Gasteiger partial charge is 0.102 e. The van der Waals surface area contributed by atoms with E-state index in [0.29, 0.717) is 6.61 Å². The molecule has 0 bridgehead atoms. The van der Waals surface area contributed by atoms with Gasteiger partial charge in [0.05, 0.1) is 12.7 Å². The Kier molecular flexibility index (Phi) is 6.23. The predicted molar refractivity (Wildman–Crippen MR) is 71.1 cm³/mol. The first-order valence-electron chi connectivity index (χ1n) is 6.55. The Balaban J connectivity index is 2.48. The molecule has 96 valence electrons. The zero-order valence-corrected chi connectivity index (χ0v) is 11.1. The van der Waals surface area contributed by atoms with Gasteiger partial charge < -0.3 is 9.84 Å². The van der Waals surface area contributed by atoms with Gasteiger partial charge in [-0.2, -0.15) is 0 Å². The summed E-state index contributed by atoms with van der Waals surface area (Å²) in [5.74, 6) is 0. The SMILES string of the molecule is CCCc1ccc(C(O)COC(C)CC)cc1. The van der Waals surface area contributed by atoms with Crippen LogP contribution in [0.15, 0.2) is 24.3 Å². The normalized spacial score (nSPS) is 14.6. The molecule has 2 atom stereocenters. The quantitative estimate of drug-likeness (QED) is 0.785. The molecule has 1 rings (SSSR count). The van der Waals surface area contributed by atoms with Gasteiger partial charge in [0.2, 0.25) is 0 Å². The molecule has 0 heterocycles. The average molecular weight is 236 g/mol. The van der Waals surface area contributed by atoms with E-state index in [1.807, 2.05) is 19.1 Å². The van der Waals surface area contributed by atoms with E-state index in [-0.39, 0.29) is 6.10 Å². The van der Waals surface area contributed by atoms with Gasteiger partial charge in [-0.3, -0.25) is 0 Å². The van der Waals surface area contributed by atoms with E-state index in [0.717, 1.165) is 24.8 Å². The number of ether oxygens (including phenoxy) is 1. The molecule has 2 heteroatoms. The van der Waals surface area contributed by atoms with Crippen LogP contribution in [0.4, 0.5) is 0 Å². The van der Waals surface area contributed by atoms with Gasteiger partial charge in [-0.25, -0.2) is 0 Å². The maximum atomic E-state index is 9.96. The highest BCUT2D eigenvalue weighted by Crippen LogP contribution is 2.16. The second-order valence-corrected chi connectivity index (χ2v) is 4.56. The summed E-state index contributed by atoms with van der Waals surface area (Å²) < 4.78 is 5.54. The molecule has 0 aliphatic heterocycles. The van der Waals surface area contributed by atoms with Crippen LogP contribution in [0.2, 0.25) is 0 Å². The van der Waals surface area contributed by atoms with Crippen LogP contribution in [-0.2, 0) is 11.2 Å².